The zero-order chi connectivity index (χ0) is 16.2. The van der Waals surface area contributed by atoms with E-state index >= 15 is 0 Å². The number of carbonyl (C=O) groups excluding carboxylic acids is 1. The van der Waals surface area contributed by atoms with Gasteiger partial charge in [-0.3, -0.25) is 10.6 Å². The van der Waals surface area contributed by atoms with Gasteiger partial charge in [0.15, 0.2) is 5.69 Å². The van der Waals surface area contributed by atoms with Crippen LogP contribution in [0.5, 0.6) is 0 Å². The summed E-state index contributed by atoms with van der Waals surface area (Å²) >= 11 is 0. The molecule has 1 heterocycles. The van der Waals surface area contributed by atoms with Crippen LogP contribution >= 0.6 is 0 Å². The maximum atomic E-state index is 12.3. The van der Waals surface area contributed by atoms with Crippen LogP contribution in [-0.2, 0) is 0 Å². The fraction of sp³-hybridized carbons (Fsp3) is 0.667. The third-order valence-electron chi connectivity index (χ3n) is 3.74. The van der Waals surface area contributed by atoms with Gasteiger partial charge in [0, 0.05) is 12.5 Å². The predicted octanol–water partition coefficient (Wildman–Crippen LogP) is 2.30. The molecule has 1 aromatic heterocycles. The molecule has 0 aliphatic carbocycles. The van der Waals surface area contributed by atoms with Gasteiger partial charge < -0.3 is 10.7 Å². The Kier molecular flexibility index (Phi) is 5.66. The summed E-state index contributed by atoms with van der Waals surface area (Å²) in [6.45, 7) is 13.1. The monoisotopic (exact) mass is 293 g/mol. The van der Waals surface area contributed by atoms with Gasteiger partial charge in [0.25, 0.3) is 5.91 Å². The second kappa shape index (κ2) is 6.85. The standard InChI is InChI=1S/C15H27N5O/c1-9(2)13-17-8-11(20-16)12(19-13)14(21)18-7-10(3)15(4,5)6/h8-10,20H,7,16H2,1-6H3,(H,18,21). The summed E-state index contributed by atoms with van der Waals surface area (Å²) < 4.78 is 0. The van der Waals surface area contributed by atoms with Crippen LogP contribution in [-0.4, -0.2) is 22.4 Å². The van der Waals surface area contributed by atoms with Crippen LogP contribution in [0.25, 0.3) is 0 Å². The number of amides is 1. The fourth-order valence-corrected chi connectivity index (χ4v) is 1.59. The number of nitrogens with zero attached hydrogens (tertiary/aromatic N) is 2. The number of hydrogen-bond donors (Lipinski definition) is 3. The minimum Gasteiger partial charge on any atom is -0.350 e. The fourth-order valence-electron chi connectivity index (χ4n) is 1.59. The van der Waals surface area contributed by atoms with Crippen molar-refractivity contribution in [3.63, 3.8) is 0 Å². The zero-order valence-corrected chi connectivity index (χ0v) is 13.8. The summed E-state index contributed by atoms with van der Waals surface area (Å²) in [5, 5.41) is 2.92. The molecule has 1 aromatic rings. The predicted molar refractivity (Wildman–Crippen MR) is 84.9 cm³/mol. The number of nitrogen functional groups attached to an aromatic ring is 1. The van der Waals surface area contributed by atoms with Crippen LogP contribution in [0.15, 0.2) is 6.20 Å². The lowest BCUT2D eigenvalue weighted by Gasteiger charge is -2.27. The first-order chi connectivity index (χ1) is 9.66. The molecule has 0 bridgehead atoms. The molecule has 6 heteroatoms. The molecule has 0 radical (unpaired) electrons. The Hall–Kier alpha value is -1.69. The van der Waals surface area contributed by atoms with Crippen LogP contribution in [0.2, 0.25) is 0 Å². The van der Waals surface area contributed by atoms with Gasteiger partial charge in [-0.1, -0.05) is 41.5 Å². The van der Waals surface area contributed by atoms with Crippen molar-refractivity contribution in [2.24, 2.45) is 17.2 Å². The lowest BCUT2D eigenvalue weighted by atomic mass is 9.82. The summed E-state index contributed by atoms with van der Waals surface area (Å²) in [6.07, 6.45) is 1.55. The minimum absolute atomic E-state index is 0.136. The Morgan fingerprint density at radius 1 is 1.33 bits per heavy atom. The van der Waals surface area contributed by atoms with E-state index in [9.17, 15) is 4.79 Å². The number of hydrazine groups is 1. The van der Waals surface area contributed by atoms with E-state index in [0.717, 1.165) is 0 Å². The molecule has 118 valence electrons. The van der Waals surface area contributed by atoms with E-state index in [-0.39, 0.29) is 22.9 Å². The van der Waals surface area contributed by atoms with E-state index in [1.807, 2.05) is 13.8 Å². The van der Waals surface area contributed by atoms with Crippen molar-refractivity contribution in [3.8, 4) is 0 Å². The molecule has 0 spiro atoms. The first-order valence-corrected chi connectivity index (χ1v) is 7.28. The zero-order valence-electron chi connectivity index (χ0n) is 13.8. The Morgan fingerprint density at radius 2 is 1.95 bits per heavy atom. The van der Waals surface area contributed by atoms with Crippen molar-refractivity contribution < 1.29 is 4.79 Å². The van der Waals surface area contributed by atoms with Crippen molar-refractivity contribution in [1.82, 2.24) is 15.3 Å². The molecule has 0 aliphatic rings. The van der Waals surface area contributed by atoms with E-state index in [1.165, 1.54) is 0 Å². The van der Waals surface area contributed by atoms with Gasteiger partial charge >= 0.3 is 0 Å². The average Bonchev–Trinajstić information content (AvgIpc) is 2.42. The highest BCUT2D eigenvalue weighted by Gasteiger charge is 2.22. The van der Waals surface area contributed by atoms with Crippen LogP contribution in [0, 0.1) is 11.3 Å². The number of nitrogens with two attached hydrogens (primary N) is 1. The highest BCUT2D eigenvalue weighted by atomic mass is 16.1. The Morgan fingerprint density at radius 3 is 2.43 bits per heavy atom. The summed E-state index contributed by atoms with van der Waals surface area (Å²) in [5.74, 6) is 6.32. The van der Waals surface area contributed by atoms with Crippen LogP contribution < -0.4 is 16.6 Å². The van der Waals surface area contributed by atoms with E-state index in [1.54, 1.807) is 6.20 Å². The Bertz CT molecular complexity index is 493. The van der Waals surface area contributed by atoms with E-state index in [0.29, 0.717) is 24.0 Å². The third kappa shape index (κ3) is 4.67. The molecule has 1 amide bonds. The Labute approximate surface area is 126 Å². The van der Waals surface area contributed by atoms with Crippen molar-refractivity contribution in [2.75, 3.05) is 12.0 Å². The summed E-state index contributed by atoms with van der Waals surface area (Å²) in [4.78, 5) is 20.8. The number of rotatable bonds is 5. The smallest absolute Gasteiger partial charge is 0.272 e. The average molecular weight is 293 g/mol. The van der Waals surface area contributed by atoms with Crippen molar-refractivity contribution in [1.29, 1.82) is 0 Å². The molecule has 1 rings (SSSR count). The highest BCUT2D eigenvalue weighted by Crippen LogP contribution is 2.24. The van der Waals surface area contributed by atoms with E-state index in [2.05, 4.69) is 48.4 Å². The molecule has 21 heavy (non-hydrogen) atoms. The number of anilines is 1. The molecular formula is C15H27N5O. The van der Waals surface area contributed by atoms with Crippen molar-refractivity contribution in [3.05, 3.63) is 17.7 Å². The molecule has 1 atom stereocenters. The molecule has 6 nitrogen and oxygen atoms in total. The molecular weight excluding hydrogens is 266 g/mol. The van der Waals surface area contributed by atoms with E-state index < -0.39 is 0 Å². The Balaban J connectivity index is 2.88. The first kappa shape index (κ1) is 17.4. The first-order valence-electron chi connectivity index (χ1n) is 7.28. The number of carbonyl (C=O) groups is 1. The minimum atomic E-state index is -0.233. The largest absolute Gasteiger partial charge is 0.350 e. The van der Waals surface area contributed by atoms with Gasteiger partial charge in [0.05, 0.1) is 11.9 Å². The summed E-state index contributed by atoms with van der Waals surface area (Å²) in [6, 6.07) is 0. The van der Waals surface area contributed by atoms with Crippen LogP contribution in [0.1, 0.15) is 63.8 Å². The molecule has 0 fully saturated rings. The second-order valence-corrected chi connectivity index (χ2v) is 6.77. The molecule has 4 N–H and O–H groups in total. The van der Waals surface area contributed by atoms with Crippen molar-refractivity contribution >= 4 is 11.6 Å². The molecule has 0 saturated carbocycles. The summed E-state index contributed by atoms with van der Waals surface area (Å²) in [5.41, 5.74) is 3.33. The SMILES string of the molecule is CC(C)c1ncc(NN)c(C(=O)NCC(C)C(C)(C)C)n1. The van der Waals surface area contributed by atoms with E-state index in [4.69, 9.17) is 5.84 Å². The maximum absolute atomic E-state index is 12.3. The van der Waals surface area contributed by atoms with Crippen molar-refractivity contribution in [2.45, 2.75) is 47.5 Å². The molecule has 0 saturated heterocycles. The lowest BCUT2D eigenvalue weighted by molar-refractivity contribution is 0.0932. The highest BCUT2D eigenvalue weighted by molar-refractivity contribution is 5.97. The molecule has 0 aliphatic heterocycles. The number of aromatic nitrogens is 2. The normalized spacial score (nSPS) is 13.1. The van der Waals surface area contributed by atoms with Gasteiger partial charge in [0.1, 0.15) is 5.82 Å². The third-order valence-corrected chi connectivity index (χ3v) is 3.74. The van der Waals surface area contributed by atoms with Gasteiger partial charge in [0.2, 0.25) is 0 Å². The summed E-state index contributed by atoms with van der Waals surface area (Å²) in [7, 11) is 0. The van der Waals surface area contributed by atoms with Gasteiger partial charge in [-0.2, -0.15) is 0 Å². The lowest BCUT2D eigenvalue weighted by Crippen LogP contribution is -2.35. The second-order valence-electron chi connectivity index (χ2n) is 6.77. The number of nitrogens with one attached hydrogen (secondary N) is 2. The van der Waals surface area contributed by atoms with Crippen LogP contribution in [0.4, 0.5) is 5.69 Å². The maximum Gasteiger partial charge on any atom is 0.272 e. The van der Waals surface area contributed by atoms with Gasteiger partial charge in [-0.15, -0.1) is 0 Å². The molecule has 0 aromatic carbocycles. The van der Waals surface area contributed by atoms with Gasteiger partial charge in [-0.05, 0) is 11.3 Å². The van der Waals surface area contributed by atoms with Gasteiger partial charge in [-0.25, -0.2) is 9.97 Å². The molecule has 1 unspecified atom stereocenters. The number of hydrogen-bond acceptors (Lipinski definition) is 5. The topological polar surface area (TPSA) is 92.9 Å². The quantitative estimate of drug-likeness (QED) is 0.572. The van der Waals surface area contributed by atoms with Crippen LogP contribution in [0.3, 0.4) is 0 Å².